The van der Waals surface area contributed by atoms with Gasteiger partial charge in [-0.05, 0) is 48.2 Å². The maximum Gasteiger partial charge on any atom is 0.348 e. The number of carbonyl (C=O) groups excluding carboxylic acids is 1. The molecule has 1 aliphatic carbocycles. The van der Waals surface area contributed by atoms with Gasteiger partial charge in [0.1, 0.15) is 11.6 Å². The fourth-order valence-corrected chi connectivity index (χ4v) is 4.73. The zero-order valence-corrected chi connectivity index (χ0v) is 18.8. The number of benzene rings is 2. The van der Waals surface area contributed by atoms with Crippen LogP contribution >= 0.6 is 0 Å². The molecular weight excluding hydrogens is 433 g/mol. The Morgan fingerprint density at radius 1 is 1.15 bits per heavy atom. The molecule has 34 heavy (non-hydrogen) atoms. The van der Waals surface area contributed by atoms with Gasteiger partial charge >= 0.3 is 5.69 Å². The molecule has 0 bridgehead atoms. The van der Waals surface area contributed by atoms with E-state index in [9.17, 15) is 9.59 Å². The molecule has 0 radical (unpaired) electrons. The van der Waals surface area contributed by atoms with Crippen molar-refractivity contribution in [3.63, 3.8) is 0 Å². The molecule has 2 aromatic heterocycles. The normalized spacial score (nSPS) is 17.1. The van der Waals surface area contributed by atoms with Gasteiger partial charge in [0, 0.05) is 42.4 Å². The number of fused-ring (bicyclic) bond motifs is 1. The first kappa shape index (κ1) is 20.8. The van der Waals surface area contributed by atoms with Gasteiger partial charge in [0.25, 0.3) is 0 Å². The molecule has 2 aromatic carbocycles. The van der Waals surface area contributed by atoms with Crippen molar-refractivity contribution in [1.29, 1.82) is 0 Å². The molecule has 8 heteroatoms. The maximum absolute atomic E-state index is 15.2. The molecule has 172 valence electrons. The lowest BCUT2D eigenvalue weighted by Crippen LogP contribution is -2.53. The SMILES string of the molecule is CC1(C(=O)N2CC(Cc3n[nH]c(=O)n3-c3ccc(-c4ccc5cccnc5c4)cc3F)C2)CC1. The summed E-state index contributed by atoms with van der Waals surface area (Å²) in [6.07, 6.45) is 4.14. The van der Waals surface area contributed by atoms with Gasteiger partial charge in [-0.25, -0.2) is 18.9 Å². The Bertz CT molecular complexity index is 1480. The Balaban J connectivity index is 1.23. The molecule has 1 amide bonds. The zero-order chi connectivity index (χ0) is 23.4. The highest BCUT2D eigenvalue weighted by molar-refractivity contribution is 5.85. The lowest BCUT2D eigenvalue weighted by atomic mass is 9.93. The second-order valence-corrected chi connectivity index (χ2v) is 9.70. The molecular formula is C26H24FN5O2. The van der Waals surface area contributed by atoms with Crippen LogP contribution in [-0.4, -0.2) is 43.6 Å². The van der Waals surface area contributed by atoms with E-state index in [1.807, 2.05) is 42.2 Å². The fourth-order valence-electron chi connectivity index (χ4n) is 4.73. The van der Waals surface area contributed by atoms with Crippen molar-refractivity contribution in [2.45, 2.75) is 26.2 Å². The number of likely N-dealkylation sites (tertiary alicyclic amines) is 1. The van der Waals surface area contributed by atoms with Crippen LogP contribution in [0.15, 0.2) is 59.5 Å². The van der Waals surface area contributed by atoms with Crippen LogP contribution in [0, 0.1) is 17.2 Å². The number of hydrogen-bond donors (Lipinski definition) is 1. The van der Waals surface area contributed by atoms with E-state index >= 15 is 4.39 Å². The van der Waals surface area contributed by atoms with Crippen LogP contribution in [0.3, 0.4) is 0 Å². The Hall–Kier alpha value is -3.81. The third kappa shape index (κ3) is 3.50. The van der Waals surface area contributed by atoms with Crippen LogP contribution in [0.4, 0.5) is 4.39 Å². The minimum atomic E-state index is -0.504. The molecule has 6 rings (SSSR count). The Labute approximate surface area is 195 Å². The van der Waals surface area contributed by atoms with Gasteiger partial charge in [0.15, 0.2) is 0 Å². The van der Waals surface area contributed by atoms with E-state index in [0.717, 1.165) is 29.3 Å². The van der Waals surface area contributed by atoms with Gasteiger partial charge in [-0.1, -0.05) is 31.2 Å². The first-order valence-electron chi connectivity index (χ1n) is 11.5. The Morgan fingerprint density at radius 2 is 1.91 bits per heavy atom. The Morgan fingerprint density at radius 3 is 2.68 bits per heavy atom. The summed E-state index contributed by atoms with van der Waals surface area (Å²) in [6.45, 7) is 3.30. The largest absolute Gasteiger partial charge is 0.348 e. The van der Waals surface area contributed by atoms with Gasteiger partial charge in [0.2, 0.25) is 5.91 Å². The third-order valence-corrected chi connectivity index (χ3v) is 7.10. The highest BCUT2D eigenvalue weighted by atomic mass is 19.1. The smallest absolute Gasteiger partial charge is 0.342 e. The molecule has 1 aliphatic heterocycles. The van der Waals surface area contributed by atoms with E-state index in [1.165, 1.54) is 10.6 Å². The summed E-state index contributed by atoms with van der Waals surface area (Å²) < 4.78 is 16.5. The minimum Gasteiger partial charge on any atom is -0.342 e. The second-order valence-electron chi connectivity index (χ2n) is 9.70. The number of aromatic nitrogens is 4. The molecule has 3 heterocycles. The number of hydrogen-bond acceptors (Lipinski definition) is 4. The predicted octanol–water partition coefficient (Wildman–Crippen LogP) is 3.72. The van der Waals surface area contributed by atoms with Crippen LogP contribution in [-0.2, 0) is 11.2 Å². The average molecular weight is 458 g/mol. The van der Waals surface area contributed by atoms with E-state index in [-0.39, 0.29) is 22.9 Å². The lowest BCUT2D eigenvalue weighted by molar-refractivity contribution is -0.142. The van der Waals surface area contributed by atoms with E-state index in [0.29, 0.717) is 30.9 Å². The zero-order valence-electron chi connectivity index (χ0n) is 18.8. The molecule has 4 aromatic rings. The van der Waals surface area contributed by atoms with Gasteiger partial charge < -0.3 is 4.90 Å². The van der Waals surface area contributed by atoms with Crippen molar-refractivity contribution in [3.8, 4) is 16.8 Å². The van der Waals surface area contributed by atoms with Crippen molar-refractivity contribution >= 4 is 16.8 Å². The molecule has 1 saturated heterocycles. The quantitative estimate of drug-likeness (QED) is 0.495. The molecule has 2 aliphatic rings. The van der Waals surface area contributed by atoms with Crippen molar-refractivity contribution in [2.75, 3.05) is 13.1 Å². The number of nitrogens with one attached hydrogen (secondary N) is 1. The highest BCUT2D eigenvalue weighted by Crippen LogP contribution is 2.47. The number of rotatable bonds is 5. The number of aromatic amines is 1. The van der Waals surface area contributed by atoms with Crippen LogP contribution in [0.1, 0.15) is 25.6 Å². The number of H-pyrrole nitrogens is 1. The van der Waals surface area contributed by atoms with E-state index in [4.69, 9.17) is 0 Å². The molecule has 0 spiro atoms. The van der Waals surface area contributed by atoms with Crippen LogP contribution in [0.2, 0.25) is 0 Å². The number of amides is 1. The standard InChI is InChI=1S/C26H24FN5O2/c1-26(8-9-26)24(33)31-14-16(15-31)11-23-29-30-25(34)32(23)22-7-6-18(12-20(22)27)19-5-4-17-3-2-10-28-21(17)13-19/h2-7,10,12-13,16H,8-9,11,14-15H2,1H3,(H,30,34). The van der Waals surface area contributed by atoms with E-state index in [2.05, 4.69) is 15.2 Å². The molecule has 7 nitrogen and oxygen atoms in total. The summed E-state index contributed by atoms with van der Waals surface area (Å²) in [7, 11) is 0. The van der Waals surface area contributed by atoms with Crippen LogP contribution in [0.5, 0.6) is 0 Å². The lowest BCUT2D eigenvalue weighted by Gasteiger charge is -2.40. The molecule has 1 saturated carbocycles. The van der Waals surface area contributed by atoms with Crippen molar-refractivity contribution in [1.82, 2.24) is 24.6 Å². The number of nitrogens with zero attached hydrogens (tertiary/aromatic N) is 4. The molecule has 1 N–H and O–H groups in total. The Kier molecular flexibility index (Phi) is 4.65. The first-order valence-corrected chi connectivity index (χ1v) is 11.5. The molecule has 0 atom stereocenters. The molecule has 0 unspecified atom stereocenters. The minimum absolute atomic E-state index is 0.161. The van der Waals surface area contributed by atoms with Crippen LogP contribution < -0.4 is 5.69 Å². The summed E-state index contributed by atoms with van der Waals surface area (Å²) in [6, 6.07) is 14.5. The average Bonchev–Trinajstić information content (AvgIpc) is 3.47. The van der Waals surface area contributed by atoms with Gasteiger partial charge in [-0.15, -0.1) is 0 Å². The first-order chi connectivity index (χ1) is 16.4. The number of halogens is 1. The van der Waals surface area contributed by atoms with Gasteiger partial charge in [0.05, 0.1) is 11.2 Å². The third-order valence-electron chi connectivity index (χ3n) is 7.10. The predicted molar refractivity (Wildman–Crippen MR) is 126 cm³/mol. The highest BCUT2D eigenvalue weighted by Gasteiger charge is 2.49. The van der Waals surface area contributed by atoms with Crippen molar-refractivity contribution < 1.29 is 9.18 Å². The van der Waals surface area contributed by atoms with E-state index < -0.39 is 11.5 Å². The fraction of sp³-hybridized carbons (Fsp3) is 0.308. The summed E-state index contributed by atoms with van der Waals surface area (Å²) in [5.41, 5.74) is 1.89. The second kappa shape index (κ2) is 7.62. The van der Waals surface area contributed by atoms with Gasteiger partial charge in [-0.3, -0.25) is 9.78 Å². The van der Waals surface area contributed by atoms with Crippen molar-refractivity contribution in [3.05, 3.63) is 76.9 Å². The summed E-state index contributed by atoms with van der Waals surface area (Å²) in [5, 5.41) is 7.62. The topological polar surface area (TPSA) is 83.9 Å². The summed E-state index contributed by atoms with van der Waals surface area (Å²) in [4.78, 5) is 31.2. The summed E-state index contributed by atoms with van der Waals surface area (Å²) in [5.74, 6) is 0.387. The number of carbonyl (C=O) groups is 1. The monoisotopic (exact) mass is 457 g/mol. The van der Waals surface area contributed by atoms with E-state index in [1.54, 1.807) is 18.3 Å². The molecule has 2 fully saturated rings. The maximum atomic E-state index is 15.2. The van der Waals surface area contributed by atoms with Gasteiger partial charge in [-0.2, -0.15) is 5.10 Å². The van der Waals surface area contributed by atoms with Crippen LogP contribution in [0.25, 0.3) is 27.7 Å². The number of pyridine rings is 1. The van der Waals surface area contributed by atoms with Crippen molar-refractivity contribution in [2.24, 2.45) is 11.3 Å². The summed E-state index contributed by atoms with van der Waals surface area (Å²) >= 11 is 0.